The molecule has 0 aliphatic carbocycles. The number of carboxylic acids is 1. The molecule has 1 N–H and O–H groups in total. The van der Waals surface area contributed by atoms with Crippen molar-refractivity contribution in [1.82, 2.24) is 4.90 Å². The van der Waals surface area contributed by atoms with Gasteiger partial charge in [0.1, 0.15) is 0 Å². The fourth-order valence-electron chi connectivity index (χ4n) is 1.21. The van der Waals surface area contributed by atoms with Crippen LogP contribution in [0.5, 0.6) is 0 Å². The monoisotopic (exact) mass is 179 g/mol. The van der Waals surface area contributed by atoms with E-state index < -0.39 is 5.97 Å². The molecular weight excluding hydrogens is 166 g/mol. The lowest BCUT2D eigenvalue weighted by molar-refractivity contribution is -0.137. The fourth-order valence-corrected chi connectivity index (χ4v) is 1.21. The van der Waals surface area contributed by atoms with E-state index in [1.165, 1.54) is 0 Å². The van der Waals surface area contributed by atoms with Crippen LogP contribution in [0.2, 0.25) is 0 Å². The normalized spacial score (nSPS) is 20.3. The predicted octanol–water partition coefficient (Wildman–Crippen LogP) is 1.40. The zero-order chi connectivity index (χ0) is 9.68. The van der Waals surface area contributed by atoms with Crippen molar-refractivity contribution in [3.05, 3.63) is 37.1 Å². The van der Waals surface area contributed by atoms with E-state index in [1.54, 1.807) is 6.08 Å². The maximum Gasteiger partial charge on any atom is 0.305 e. The van der Waals surface area contributed by atoms with E-state index in [-0.39, 0.29) is 12.5 Å². The summed E-state index contributed by atoms with van der Waals surface area (Å²) < 4.78 is 0. The number of carbonyl (C=O) groups is 1. The molecular formula is C10H13NO2. The van der Waals surface area contributed by atoms with Gasteiger partial charge in [-0.15, -0.1) is 6.58 Å². The summed E-state index contributed by atoms with van der Waals surface area (Å²) in [6.07, 6.45) is 9.64. The molecule has 0 saturated heterocycles. The van der Waals surface area contributed by atoms with Gasteiger partial charge in [0, 0.05) is 6.54 Å². The molecule has 3 heteroatoms. The minimum atomic E-state index is -0.772. The second kappa shape index (κ2) is 4.50. The molecule has 0 fully saturated rings. The summed E-state index contributed by atoms with van der Waals surface area (Å²) in [6, 6.07) is 0.129. The Bertz CT molecular complexity index is 256. The highest BCUT2D eigenvalue weighted by Crippen LogP contribution is 2.09. The molecule has 0 aromatic carbocycles. The smallest absolute Gasteiger partial charge is 0.305 e. The predicted molar refractivity (Wildman–Crippen MR) is 51.2 cm³/mol. The quantitative estimate of drug-likeness (QED) is 0.663. The van der Waals surface area contributed by atoms with E-state index in [4.69, 9.17) is 5.11 Å². The Morgan fingerprint density at radius 2 is 2.38 bits per heavy atom. The Kier molecular flexibility index (Phi) is 3.31. The molecule has 1 aliphatic heterocycles. The van der Waals surface area contributed by atoms with E-state index >= 15 is 0 Å². The Morgan fingerprint density at radius 1 is 1.62 bits per heavy atom. The van der Waals surface area contributed by atoms with E-state index in [9.17, 15) is 4.79 Å². The standard InChI is InChI=1S/C10H13NO2/c1-2-9-5-3-4-7-11(9)8-6-10(12)13/h2-5,7,9H,1,6,8H2,(H,12,13). The number of hydrogen-bond donors (Lipinski definition) is 1. The first-order chi connectivity index (χ1) is 6.24. The molecule has 0 amide bonds. The highest BCUT2D eigenvalue weighted by atomic mass is 16.4. The maximum absolute atomic E-state index is 10.3. The van der Waals surface area contributed by atoms with Crippen LogP contribution in [0.1, 0.15) is 6.42 Å². The van der Waals surface area contributed by atoms with Crippen molar-refractivity contribution >= 4 is 5.97 Å². The molecule has 1 aliphatic rings. The molecule has 13 heavy (non-hydrogen) atoms. The van der Waals surface area contributed by atoms with Crippen molar-refractivity contribution in [2.75, 3.05) is 6.54 Å². The van der Waals surface area contributed by atoms with E-state index in [0.29, 0.717) is 6.54 Å². The van der Waals surface area contributed by atoms with Crippen molar-refractivity contribution in [3.8, 4) is 0 Å². The average molecular weight is 179 g/mol. The number of allylic oxidation sites excluding steroid dienone is 2. The van der Waals surface area contributed by atoms with Gasteiger partial charge >= 0.3 is 5.97 Å². The molecule has 0 aromatic rings. The first-order valence-corrected chi connectivity index (χ1v) is 4.19. The molecule has 0 saturated carbocycles. The largest absolute Gasteiger partial charge is 0.481 e. The SMILES string of the molecule is C=CC1C=CC=CN1CCC(=O)O. The van der Waals surface area contributed by atoms with Gasteiger partial charge in [0.2, 0.25) is 0 Å². The fraction of sp³-hybridized carbons (Fsp3) is 0.300. The Labute approximate surface area is 77.7 Å². The van der Waals surface area contributed by atoms with Gasteiger partial charge in [-0.05, 0) is 12.3 Å². The van der Waals surface area contributed by atoms with Gasteiger partial charge < -0.3 is 10.0 Å². The lowest BCUT2D eigenvalue weighted by atomic mass is 10.2. The van der Waals surface area contributed by atoms with Crippen molar-refractivity contribution < 1.29 is 9.90 Å². The molecule has 0 aromatic heterocycles. The summed E-state index contributed by atoms with van der Waals surface area (Å²) in [6.45, 7) is 4.21. The summed E-state index contributed by atoms with van der Waals surface area (Å²) in [5.74, 6) is -0.772. The van der Waals surface area contributed by atoms with Crippen molar-refractivity contribution in [3.63, 3.8) is 0 Å². The number of nitrogens with zero attached hydrogens (tertiary/aromatic N) is 1. The number of aliphatic carboxylic acids is 1. The third-order valence-electron chi connectivity index (χ3n) is 1.91. The van der Waals surface area contributed by atoms with Crippen LogP contribution in [0, 0.1) is 0 Å². The lowest BCUT2D eigenvalue weighted by Crippen LogP contribution is -2.30. The van der Waals surface area contributed by atoms with Gasteiger partial charge in [-0.3, -0.25) is 4.79 Å². The van der Waals surface area contributed by atoms with E-state index in [1.807, 2.05) is 29.3 Å². The Morgan fingerprint density at radius 3 is 3.00 bits per heavy atom. The molecule has 0 radical (unpaired) electrons. The lowest BCUT2D eigenvalue weighted by Gasteiger charge is -2.27. The molecule has 1 unspecified atom stereocenters. The van der Waals surface area contributed by atoms with Crippen molar-refractivity contribution in [2.24, 2.45) is 0 Å². The van der Waals surface area contributed by atoms with Gasteiger partial charge in [0.05, 0.1) is 12.5 Å². The zero-order valence-electron chi connectivity index (χ0n) is 7.39. The van der Waals surface area contributed by atoms with Crippen LogP contribution in [0.3, 0.4) is 0 Å². The summed E-state index contributed by atoms with van der Waals surface area (Å²) in [5.41, 5.74) is 0. The molecule has 0 bridgehead atoms. The highest BCUT2D eigenvalue weighted by molar-refractivity contribution is 5.66. The topological polar surface area (TPSA) is 40.5 Å². The number of carboxylic acid groups (broad SMARTS) is 1. The first kappa shape index (κ1) is 9.58. The van der Waals surface area contributed by atoms with Gasteiger partial charge in [-0.25, -0.2) is 0 Å². The third-order valence-corrected chi connectivity index (χ3v) is 1.91. The van der Waals surface area contributed by atoms with Crippen molar-refractivity contribution in [1.29, 1.82) is 0 Å². The summed E-state index contributed by atoms with van der Waals surface area (Å²) in [5, 5.41) is 8.51. The average Bonchev–Trinajstić information content (AvgIpc) is 2.15. The Balaban J connectivity index is 2.47. The zero-order valence-corrected chi connectivity index (χ0v) is 7.39. The number of rotatable bonds is 4. The summed E-state index contributed by atoms with van der Waals surface area (Å²) in [7, 11) is 0. The Hall–Kier alpha value is -1.51. The molecule has 1 atom stereocenters. The minimum absolute atomic E-state index is 0.129. The van der Waals surface area contributed by atoms with Gasteiger partial charge in [0.25, 0.3) is 0 Å². The minimum Gasteiger partial charge on any atom is -0.481 e. The van der Waals surface area contributed by atoms with Gasteiger partial charge in [-0.2, -0.15) is 0 Å². The molecule has 1 heterocycles. The summed E-state index contributed by atoms with van der Waals surface area (Å²) >= 11 is 0. The number of hydrogen-bond acceptors (Lipinski definition) is 2. The molecule has 3 nitrogen and oxygen atoms in total. The van der Waals surface area contributed by atoms with E-state index in [2.05, 4.69) is 6.58 Å². The van der Waals surface area contributed by atoms with Crippen LogP contribution in [0.25, 0.3) is 0 Å². The van der Waals surface area contributed by atoms with Crippen LogP contribution in [0.4, 0.5) is 0 Å². The van der Waals surface area contributed by atoms with Crippen LogP contribution in [-0.4, -0.2) is 28.6 Å². The highest BCUT2D eigenvalue weighted by Gasteiger charge is 2.11. The van der Waals surface area contributed by atoms with Crippen LogP contribution >= 0.6 is 0 Å². The van der Waals surface area contributed by atoms with Gasteiger partial charge in [-0.1, -0.05) is 18.2 Å². The van der Waals surface area contributed by atoms with Crippen molar-refractivity contribution in [2.45, 2.75) is 12.5 Å². The van der Waals surface area contributed by atoms with Crippen LogP contribution in [0.15, 0.2) is 37.1 Å². The summed E-state index contributed by atoms with van der Waals surface area (Å²) in [4.78, 5) is 12.3. The molecule has 0 spiro atoms. The second-order valence-electron chi connectivity index (χ2n) is 2.83. The molecule has 1 rings (SSSR count). The first-order valence-electron chi connectivity index (χ1n) is 4.19. The van der Waals surface area contributed by atoms with E-state index in [0.717, 1.165) is 0 Å². The second-order valence-corrected chi connectivity index (χ2v) is 2.83. The van der Waals surface area contributed by atoms with Crippen LogP contribution < -0.4 is 0 Å². The van der Waals surface area contributed by atoms with Crippen LogP contribution in [-0.2, 0) is 4.79 Å². The maximum atomic E-state index is 10.3. The van der Waals surface area contributed by atoms with Gasteiger partial charge in [0.15, 0.2) is 0 Å². The third kappa shape index (κ3) is 2.78. The molecule has 70 valence electrons.